The maximum atomic E-state index is 13.2. The molecule has 0 radical (unpaired) electrons. The first-order valence-electron chi connectivity index (χ1n) is 6.77. The molecule has 0 aliphatic heterocycles. The van der Waals surface area contributed by atoms with E-state index >= 15 is 0 Å². The van der Waals surface area contributed by atoms with Crippen LogP contribution >= 0.6 is 0 Å². The fourth-order valence-electron chi connectivity index (χ4n) is 2.30. The molecule has 0 bridgehead atoms. The summed E-state index contributed by atoms with van der Waals surface area (Å²) in [7, 11) is 0. The first-order valence-corrected chi connectivity index (χ1v) is 6.77. The van der Waals surface area contributed by atoms with E-state index in [1.54, 1.807) is 24.3 Å². The zero-order valence-corrected chi connectivity index (χ0v) is 11.9. The molecule has 3 rings (SSSR count). The number of nitrogens with one attached hydrogen (secondary N) is 2. The van der Waals surface area contributed by atoms with E-state index in [4.69, 9.17) is 6.42 Å². The van der Waals surface area contributed by atoms with Crippen LogP contribution in [0.5, 0.6) is 0 Å². The molecule has 0 saturated heterocycles. The summed E-state index contributed by atoms with van der Waals surface area (Å²) in [6.07, 6.45) is 5.34. The Balaban J connectivity index is 2.06. The van der Waals surface area contributed by atoms with E-state index < -0.39 is 17.3 Å². The maximum absolute atomic E-state index is 13.2. The largest absolute Gasteiger partial charge is 0.322 e. The summed E-state index contributed by atoms with van der Waals surface area (Å²) < 4.78 is 13.2. The van der Waals surface area contributed by atoms with E-state index in [0.717, 1.165) is 0 Å². The summed E-state index contributed by atoms with van der Waals surface area (Å²) in [6, 6.07) is 11.7. The standard InChI is InChI=1S/C18H11FN2O2/c1-2-11-6-7-14-15(10-17(22)21-16(14)8-11)18(23)20-13-5-3-4-12(19)9-13/h1,3-10H,(H,20,23)(H,21,22). The fourth-order valence-corrected chi connectivity index (χ4v) is 2.30. The van der Waals surface area contributed by atoms with Crippen molar-refractivity contribution < 1.29 is 9.18 Å². The van der Waals surface area contributed by atoms with Crippen LogP contribution in [0.1, 0.15) is 15.9 Å². The Bertz CT molecular complexity index is 1020. The van der Waals surface area contributed by atoms with Gasteiger partial charge in [0.15, 0.2) is 0 Å². The van der Waals surface area contributed by atoms with Gasteiger partial charge in [-0.05, 0) is 30.3 Å². The molecular formula is C18H11FN2O2. The van der Waals surface area contributed by atoms with Gasteiger partial charge >= 0.3 is 0 Å². The second kappa shape index (κ2) is 5.78. The normalized spacial score (nSPS) is 10.3. The number of halogens is 1. The molecular weight excluding hydrogens is 295 g/mol. The van der Waals surface area contributed by atoms with Gasteiger partial charge in [0, 0.05) is 22.7 Å². The molecule has 0 fully saturated rings. The predicted octanol–water partition coefficient (Wildman–Crippen LogP) is 2.90. The number of pyridine rings is 1. The molecule has 0 aliphatic rings. The minimum atomic E-state index is -0.500. The number of hydrogen-bond acceptors (Lipinski definition) is 2. The molecule has 3 aromatic rings. The van der Waals surface area contributed by atoms with Crippen LogP contribution in [0.3, 0.4) is 0 Å². The third-order valence-electron chi connectivity index (χ3n) is 3.34. The number of rotatable bonds is 2. The second-order valence-electron chi connectivity index (χ2n) is 4.92. The Morgan fingerprint density at radius 2 is 2.00 bits per heavy atom. The lowest BCUT2D eigenvalue weighted by molar-refractivity contribution is 0.102. The third-order valence-corrected chi connectivity index (χ3v) is 3.34. The second-order valence-corrected chi connectivity index (χ2v) is 4.92. The molecule has 4 nitrogen and oxygen atoms in total. The van der Waals surface area contributed by atoms with Gasteiger partial charge in [0.2, 0.25) is 5.56 Å². The Morgan fingerprint density at radius 1 is 1.17 bits per heavy atom. The van der Waals surface area contributed by atoms with Crippen molar-refractivity contribution in [1.29, 1.82) is 0 Å². The van der Waals surface area contributed by atoms with Crippen molar-refractivity contribution in [1.82, 2.24) is 4.98 Å². The summed E-state index contributed by atoms with van der Waals surface area (Å²) in [5, 5.41) is 3.13. The highest BCUT2D eigenvalue weighted by Crippen LogP contribution is 2.18. The average Bonchev–Trinajstić information content (AvgIpc) is 2.53. The van der Waals surface area contributed by atoms with Crippen molar-refractivity contribution in [3.8, 4) is 12.3 Å². The highest BCUT2D eigenvalue weighted by molar-refractivity contribution is 6.12. The molecule has 1 amide bonds. The first-order chi connectivity index (χ1) is 11.1. The highest BCUT2D eigenvalue weighted by Gasteiger charge is 2.12. The molecule has 0 spiro atoms. The van der Waals surface area contributed by atoms with Gasteiger partial charge in [-0.15, -0.1) is 6.42 Å². The van der Waals surface area contributed by atoms with E-state index in [-0.39, 0.29) is 5.56 Å². The fraction of sp³-hybridized carbons (Fsp3) is 0. The van der Waals surface area contributed by atoms with E-state index in [1.807, 2.05) is 0 Å². The van der Waals surface area contributed by atoms with E-state index in [1.165, 1.54) is 24.3 Å². The molecule has 1 aromatic heterocycles. The molecule has 0 unspecified atom stereocenters. The zero-order chi connectivity index (χ0) is 16.4. The Labute approximate surface area is 131 Å². The van der Waals surface area contributed by atoms with Crippen LogP contribution in [0.15, 0.2) is 53.3 Å². The van der Waals surface area contributed by atoms with E-state index in [2.05, 4.69) is 16.2 Å². The summed E-state index contributed by atoms with van der Waals surface area (Å²) >= 11 is 0. The number of hydrogen-bond donors (Lipinski definition) is 2. The molecule has 23 heavy (non-hydrogen) atoms. The number of anilines is 1. The van der Waals surface area contributed by atoms with Crippen LogP contribution < -0.4 is 10.9 Å². The van der Waals surface area contributed by atoms with Crippen molar-refractivity contribution in [3.63, 3.8) is 0 Å². The van der Waals surface area contributed by atoms with Gasteiger partial charge in [0.05, 0.1) is 11.1 Å². The van der Waals surface area contributed by atoms with Gasteiger partial charge in [-0.3, -0.25) is 9.59 Å². The number of H-pyrrole nitrogens is 1. The number of carbonyl (C=O) groups is 1. The third kappa shape index (κ3) is 2.97. The average molecular weight is 306 g/mol. The van der Waals surface area contributed by atoms with E-state index in [0.29, 0.717) is 22.2 Å². The predicted molar refractivity (Wildman–Crippen MR) is 86.9 cm³/mol. The van der Waals surface area contributed by atoms with Crippen molar-refractivity contribution in [2.45, 2.75) is 0 Å². The van der Waals surface area contributed by atoms with Gasteiger partial charge in [0.25, 0.3) is 5.91 Å². The molecule has 0 aliphatic carbocycles. The van der Waals surface area contributed by atoms with Crippen LogP contribution in [0.25, 0.3) is 10.9 Å². The van der Waals surface area contributed by atoms with Crippen molar-refractivity contribution in [2.75, 3.05) is 5.32 Å². The van der Waals surface area contributed by atoms with Gasteiger partial charge in [0.1, 0.15) is 5.82 Å². The lowest BCUT2D eigenvalue weighted by Gasteiger charge is -2.08. The highest BCUT2D eigenvalue weighted by atomic mass is 19.1. The van der Waals surface area contributed by atoms with Crippen molar-refractivity contribution in [2.24, 2.45) is 0 Å². The number of benzene rings is 2. The quantitative estimate of drug-likeness (QED) is 0.715. The number of aromatic nitrogens is 1. The van der Waals surface area contributed by atoms with Gasteiger partial charge in [-0.1, -0.05) is 18.1 Å². The minimum Gasteiger partial charge on any atom is -0.322 e. The lowest BCUT2D eigenvalue weighted by atomic mass is 10.1. The molecule has 112 valence electrons. The van der Waals surface area contributed by atoms with Gasteiger partial charge in [-0.25, -0.2) is 4.39 Å². The van der Waals surface area contributed by atoms with Crippen LogP contribution in [0.2, 0.25) is 0 Å². The van der Waals surface area contributed by atoms with Gasteiger partial charge < -0.3 is 10.3 Å². The Hall–Kier alpha value is -3.39. The van der Waals surface area contributed by atoms with Crippen LogP contribution in [0, 0.1) is 18.2 Å². The Morgan fingerprint density at radius 3 is 2.74 bits per heavy atom. The number of terminal acetylenes is 1. The number of amides is 1. The molecule has 0 atom stereocenters. The minimum absolute atomic E-state index is 0.191. The first kappa shape index (κ1) is 14.5. The molecule has 1 heterocycles. The van der Waals surface area contributed by atoms with E-state index in [9.17, 15) is 14.0 Å². The molecule has 5 heteroatoms. The topological polar surface area (TPSA) is 62.0 Å². The zero-order valence-electron chi connectivity index (χ0n) is 11.9. The number of fused-ring (bicyclic) bond motifs is 1. The summed E-state index contributed by atoms with van der Waals surface area (Å²) in [5.74, 6) is 1.51. The monoisotopic (exact) mass is 306 g/mol. The van der Waals surface area contributed by atoms with Crippen LogP contribution in [-0.4, -0.2) is 10.9 Å². The Kier molecular flexibility index (Phi) is 3.65. The summed E-state index contributed by atoms with van der Waals surface area (Å²) in [6.45, 7) is 0. The molecule has 0 saturated carbocycles. The molecule has 2 aromatic carbocycles. The molecule has 2 N–H and O–H groups in total. The van der Waals surface area contributed by atoms with Gasteiger partial charge in [-0.2, -0.15) is 0 Å². The van der Waals surface area contributed by atoms with Crippen LogP contribution in [0.4, 0.5) is 10.1 Å². The summed E-state index contributed by atoms with van der Waals surface area (Å²) in [5.41, 5.74) is 1.14. The number of aromatic amines is 1. The number of carbonyl (C=O) groups excluding carboxylic acids is 1. The maximum Gasteiger partial charge on any atom is 0.256 e. The SMILES string of the molecule is C#Cc1ccc2c(C(=O)Nc3cccc(F)c3)cc(=O)[nH]c2c1. The van der Waals surface area contributed by atoms with Crippen molar-refractivity contribution in [3.05, 3.63) is 75.8 Å². The lowest BCUT2D eigenvalue weighted by Crippen LogP contribution is -2.17. The van der Waals surface area contributed by atoms with Crippen molar-refractivity contribution >= 4 is 22.5 Å². The summed E-state index contributed by atoms with van der Waals surface area (Å²) in [4.78, 5) is 26.8. The smallest absolute Gasteiger partial charge is 0.256 e. The van der Waals surface area contributed by atoms with Crippen LogP contribution in [-0.2, 0) is 0 Å².